The summed E-state index contributed by atoms with van der Waals surface area (Å²) in [6.07, 6.45) is 0.125. The van der Waals surface area contributed by atoms with Gasteiger partial charge in [-0.1, -0.05) is 51.8 Å². The highest BCUT2D eigenvalue weighted by atomic mass is 79.9. The summed E-state index contributed by atoms with van der Waals surface area (Å²) >= 11 is 9.33. The molecule has 0 spiro atoms. The van der Waals surface area contributed by atoms with E-state index in [9.17, 15) is 9.18 Å². The van der Waals surface area contributed by atoms with Crippen LogP contribution in [0.3, 0.4) is 0 Å². The van der Waals surface area contributed by atoms with E-state index in [1.54, 1.807) is 44.3 Å². The van der Waals surface area contributed by atoms with E-state index in [2.05, 4.69) is 21.2 Å². The van der Waals surface area contributed by atoms with Crippen LogP contribution in [0.1, 0.15) is 18.6 Å². The maximum absolute atomic E-state index is 14.4. The van der Waals surface area contributed by atoms with Crippen LogP contribution >= 0.6 is 27.5 Å². The molecule has 4 nitrogen and oxygen atoms in total. The number of aromatic nitrogens is 1. The predicted molar refractivity (Wildman–Crippen MR) is 108 cm³/mol. The summed E-state index contributed by atoms with van der Waals surface area (Å²) in [6.45, 7) is 1.74. The van der Waals surface area contributed by atoms with Gasteiger partial charge in [0, 0.05) is 22.7 Å². The van der Waals surface area contributed by atoms with Crippen LogP contribution in [0.15, 0.2) is 59.2 Å². The van der Waals surface area contributed by atoms with Crippen molar-refractivity contribution in [2.75, 3.05) is 5.32 Å². The van der Waals surface area contributed by atoms with E-state index in [0.717, 1.165) is 10.0 Å². The highest BCUT2D eigenvalue weighted by molar-refractivity contribution is 9.10. The zero-order chi connectivity index (χ0) is 19.6. The van der Waals surface area contributed by atoms with Crippen molar-refractivity contribution in [3.63, 3.8) is 0 Å². The minimum atomic E-state index is -0.679. The topological polar surface area (TPSA) is 43.3 Å². The third kappa shape index (κ3) is 4.51. The minimum Gasteiger partial charge on any atom is -0.441 e. The quantitative estimate of drug-likeness (QED) is 0.488. The van der Waals surface area contributed by atoms with Crippen LogP contribution in [0, 0.1) is 5.82 Å². The first-order chi connectivity index (χ1) is 12.8. The zero-order valence-corrected chi connectivity index (χ0v) is 17.0. The van der Waals surface area contributed by atoms with Gasteiger partial charge in [-0.2, -0.15) is 0 Å². The first kappa shape index (κ1) is 19.5. The molecule has 1 atom stereocenters. The Balaban J connectivity index is 1.81. The number of benzene rings is 2. The second-order valence-corrected chi connectivity index (χ2v) is 7.40. The van der Waals surface area contributed by atoms with Crippen LogP contribution in [-0.4, -0.2) is 10.7 Å². The first-order valence-corrected chi connectivity index (χ1v) is 9.36. The summed E-state index contributed by atoms with van der Waals surface area (Å²) < 4.78 is 22.3. The minimum absolute atomic E-state index is 0.303. The van der Waals surface area contributed by atoms with Crippen molar-refractivity contribution in [2.45, 2.75) is 13.0 Å². The molecule has 0 bridgehead atoms. The molecule has 1 heterocycles. The van der Waals surface area contributed by atoms with Crippen LogP contribution < -0.4 is 5.32 Å². The molecule has 1 aromatic heterocycles. The van der Waals surface area contributed by atoms with Crippen molar-refractivity contribution in [3.8, 4) is 11.1 Å². The van der Waals surface area contributed by atoms with Gasteiger partial charge in [-0.15, -0.1) is 0 Å². The van der Waals surface area contributed by atoms with Crippen molar-refractivity contribution in [1.82, 2.24) is 4.57 Å². The van der Waals surface area contributed by atoms with Gasteiger partial charge in [-0.25, -0.2) is 9.18 Å². The number of anilines is 1. The number of hydrogen-bond donors (Lipinski definition) is 1. The molecular weight excluding hydrogens is 435 g/mol. The van der Waals surface area contributed by atoms with E-state index >= 15 is 0 Å². The number of nitrogens with zero attached hydrogens (tertiary/aromatic N) is 1. The normalized spacial score (nSPS) is 11.9. The molecule has 0 saturated carbocycles. The summed E-state index contributed by atoms with van der Waals surface area (Å²) in [4.78, 5) is 12.4. The number of carbonyl (C=O) groups excluding carboxylic acids is 1. The zero-order valence-electron chi connectivity index (χ0n) is 14.7. The molecule has 1 N–H and O–H groups in total. The Morgan fingerprint density at radius 2 is 1.96 bits per heavy atom. The molecule has 27 heavy (non-hydrogen) atoms. The Bertz CT molecular complexity index is 973. The molecule has 0 radical (unpaired) electrons. The molecule has 0 saturated heterocycles. The van der Waals surface area contributed by atoms with E-state index in [0.29, 0.717) is 22.0 Å². The number of rotatable bonds is 4. The van der Waals surface area contributed by atoms with Crippen LogP contribution in [0.4, 0.5) is 15.0 Å². The molecule has 2 aromatic carbocycles. The number of nitrogens with one attached hydrogen (secondary N) is 1. The SMILES string of the molecule is C[C@@H](OC(=O)Nc1c(-c2ccc(Br)cc2)c(F)cn1C)c1cccc(Cl)c1. The Morgan fingerprint density at radius 3 is 2.63 bits per heavy atom. The Kier molecular flexibility index (Phi) is 5.87. The van der Waals surface area contributed by atoms with Gasteiger partial charge in [-0.3, -0.25) is 5.32 Å². The Labute approximate surface area is 170 Å². The van der Waals surface area contributed by atoms with Crippen LogP contribution in [0.5, 0.6) is 0 Å². The van der Waals surface area contributed by atoms with Gasteiger partial charge in [0.25, 0.3) is 0 Å². The lowest BCUT2D eigenvalue weighted by atomic mass is 10.1. The van der Waals surface area contributed by atoms with Crippen LogP contribution in [-0.2, 0) is 11.8 Å². The lowest BCUT2D eigenvalue weighted by Crippen LogP contribution is -2.18. The van der Waals surface area contributed by atoms with E-state index < -0.39 is 18.0 Å². The fourth-order valence-corrected chi connectivity index (χ4v) is 3.21. The largest absolute Gasteiger partial charge is 0.441 e. The third-order valence-electron chi connectivity index (χ3n) is 4.09. The number of halogens is 3. The second kappa shape index (κ2) is 8.15. The maximum atomic E-state index is 14.4. The summed E-state index contributed by atoms with van der Waals surface area (Å²) in [6, 6.07) is 14.2. The van der Waals surface area contributed by atoms with E-state index in [-0.39, 0.29) is 0 Å². The van der Waals surface area contributed by atoms with Crippen molar-refractivity contribution in [3.05, 3.63) is 75.6 Å². The Hall–Kier alpha value is -2.31. The monoisotopic (exact) mass is 450 g/mol. The number of hydrogen-bond acceptors (Lipinski definition) is 2. The molecule has 140 valence electrons. The summed E-state index contributed by atoms with van der Waals surface area (Å²) in [5.74, 6) is -0.115. The van der Waals surface area contributed by atoms with Gasteiger partial charge in [0.2, 0.25) is 0 Å². The second-order valence-electron chi connectivity index (χ2n) is 6.05. The maximum Gasteiger partial charge on any atom is 0.413 e. The molecular formula is C20H17BrClFN2O2. The van der Waals surface area contributed by atoms with Crippen molar-refractivity contribution >= 4 is 39.4 Å². The third-order valence-corrected chi connectivity index (χ3v) is 4.85. The van der Waals surface area contributed by atoms with Crippen molar-refractivity contribution in [2.24, 2.45) is 7.05 Å². The number of carbonyl (C=O) groups is 1. The molecule has 0 aliphatic heterocycles. The summed E-state index contributed by atoms with van der Waals surface area (Å²) in [5, 5.41) is 3.21. The fraction of sp³-hybridized carbons (Fsp3) is 0.150. The van der Waals surface area contributed by atoms with E-state index in [1.807, 2.05) is 18.2 Å². The summed E-state index contributed by atoms with van der Waals surface area (Å²) in [7, 11) is 1.65. The van der Waals surface area contributed by atoms with Gasteiger partial charge >= 0.3 is 6.09 Å². The van der Waals surface area contributed by atoms with Crippen molar-refractivity contribution in [1.29, 1.82) is 0 Å². The molecule has 7 heteroatoms. The molecule has 3 aromatic rings. The van der Waals surface area contributed by atoms with Gasteiger partial charge in [-0.05, 0) is 42.3 Å². The molecule has 0 aliphatic carbocycles. The van der Waals surface area contributed by atoms with Crippen LogP contribution in [0.25, 0.3) is 11.1 Å². The van der Waals surface area contributed by atoms with Crippen LogP contribution in [0.2, 0.25) is 5.02 Å². The average Bonchev–Trinajstić information content (AvgIpc) is 2.89. The summed E-state index contributed by atoms with van der Waals surface area (Å²) in [5.41, 5.74) is 1.72. The standard InChI is InChI=1S/C20H17BrClFN2O2/c1-12(14-4-3-5-16(22)10-14)27-20(26)24-19-18(17(23)11-25(19)2)13-6-8-15(21)9-7-13/h3-12H,1-2H3,(H,24,26)/t12-/m1/s1. The van der Waals surface area contributed by atoms with Gasteiger partial charge in [0.15, 0.2) is 5.82 Å². The molecule has 1 amide bonds. The number of aryl methyl sites for hydroxylation is 1. The highest BCUT2D eigenvalue weighted by Crippen LogP contribution is 2.33. The van der Waals surface area contributed by atoms with Gasteiger partial charge < -0.3 is 9.30 Å². The number of ether oxygens (including phenoxy) is 1. The van der Waals surface area contributed by atoms with Gasteiger partial charge in [0.1, 0.15) is 11.9 Å². The fourth-order valence-electron chi connectivity index (χ4n) is 2.74. The van der Waals surface area contributed by atoms with Gasteiger partial charge in [0.05, 0.1) is 5.56 Å². The molecule has 0 aliphatic rings. The smallest absolute Gasteiger partial charge is 0.413 e. The Morgan fingerprint density at radius 1 is 1.26 bits per heavy atom. The van der Waals surface area contributed by atoms with E-state index in [4.69, 9.17) is 16.3 Å². The van der Waals surface area contributed by atoms with Crippen molar-refractivity contribution < 1.29 is 13.9 Å². The molecule has 0 fully saturated rings. The molecule has 0 unspecified atom stereocenters. The average molecular weight is 452 g/mol. The predicted octanol–water partition coefficient (Wildman–Crippen LogP) is 6.56. The lowest BCUT2D eigenvalue weighted by Gasteiger charge is -2.16. The lowest BCUT2D eigenvalue weighted by molar-refractivity contribution is 0.121. The first-order valence-electron chi connectivity index (χ1n) is 8.19. The van der Waals surface area contributed by atoms with E-state index in [1.165, 1.54) is 10.8 Å². The highest BCUT2D eigenvalue weighted by Gasteiger charge is 2.20. The molecule has 3 rings (SSSR count). The number of amides is 1.